The number of carbonyl (C=O) groups excluding carboxylic acids is 1. The van der Waals surface area contributed by atoms with Gasteiger partial charge in [0.25, 0.3) is 0 Å². The summed E-state index contributed by atoms with van der Waals surface area (Å²) < 4.78 is 0. The predicted molar refractivity (Wildman–Crippen MR) is 64.5 cm³/mol. The van der Waals surface area contributed by atoms with E-state index in [1.165, 1.54) is 0 Å². The van der Waals surface area contributed by atoms with E-state index in [1.807, 2.05) is 19.9 Å². The van der Waals surface area contributed by atoms with Gasteiger partial charge < -0.3 is 5.73 Å². The van der Waals surface area contributed by atoms with Crippen LogP contribution in [-0.2, 0) is 6.42 Å². The Bertz CT molecular complexity index is 477. The number of thiocarbonyl (C=S) groups is 1. The minimum absolute atomic E-state index is 0.226. The zero-order chi connectivity index (χ0) is 11.2. The van der Waals surface area contributed by atoms with E-state index >= 15 is 0 Å². The van der Waals surface area contributed by atoms with Crippen molar-refractivity contribution >= 4 is 23.0 Å². The molecule has 0 atom stereocenters. The van der Waals surface area contributed by atoms with E-state index in [9.17, 15) is 4.79 Å². The molecule has 0 aromatic heterocycles. The summed E-state index contributed by atoms with van der Waals surface area (Å²) in [4.78, 5) is 12.1. The summed E-state index contributed by atoms with van der Waals surface area (Å²) in [5.41, 5.74) is 10.6. The van der Waals surface area contributed by atoms with Gasteiger partial charge in [-0.05, 0) is 43.0 Å². The third kappa shape index (κ3) is 1.47. The fourth-order valence-corrected chi connectivity index (χ4v) is 2.37. The quantitative estimate of drug-likeness (QED) is 0.735. The number of benzene rings is 1. The van der Waals surface area contributed by atoms with Crippen LogP contribution in [-0.4, -0.2) is 10.8 Å². The van der Waals surface area contributed by atoms with Crippen molar-refractivity contribution in [2.24, 2.45) is 5.73 Å². The first-order chi connectivity index (χ1) is 7.02. The van der Waals surface area contributed by atoms with Crippen molar-refractivity contribution in [3.05, 3.63) is 33.9 Å². The molecule has 0 fully saturated rings. The SMILES string of the molecule is Cc1cc(C(N)=S)c2c(c1C)C(=O)CC2. The molecule has 1 aliphatic carbocycles. The number of rotatable bonds is 1. The molecule has 2 N–H and O–H groups in total. The van der Waals surface area contributed by atoms with Gasteiger partial charge >= 0.3 is 0 Å². The topological polar surface area (TPSA) is 43.1 Å². The van der Waals surface area contributed by atoms with Crippen LogP contribution in [0.5, 0.6) is 0 Å². The van der Waals surface area contributed by atoms with Crippen LogP contribution in [0.3, 0.4) is 0 Å². The molecular formula is C12H13NOS. The van der Waals surface area contributed by atoms with Gasteiger partial charge in [-0.3, -0.25) is 4.79 Å². The lowest BCUT2D eigenvalue weighted by atomic mass is 9.94. The highest BCUT2D eigenvalue weighted by atomic mass is 32.1. The molecule has 3 heteroatoms. The minimum Gasteiger partial charge on any atom is -0.389 e. The van der Waals surface area contributed by atoms with Gasteiger partial charge in [0, 0.05) is 17.5 Å². The van der Waals surface area contributed by atoms with Gasteiger partial charge in [0.1, 0.15) is 4.99 Å². The van der Waals surface area contributed by atoms with Crippen LogP contribution in [0.1, 0.15) is 39.0 Å². The Labute approximate surface area is 94.5 Å². The maximum atomic E-state index is 11.7. The van der Waals surface area contributed by atoms with Crippen molar-refractivity contribution < 1.29 is 4.79 Å². The van der Waals surface area contributed by atoms with Crippen molar-refractivity contribution in [3.8, 4) is 0 Å². The van der Waals surface area contributed by atoms with Crippen LogP contribution in [0.4, 0.5) is 0 Å². The van der Waals surface area contributed by atoms with Gasteiger partial charge in [0.05, 0.1) is 0 Å². The number of Topliss-reactive ketones (excluding diaryl/α,β-unsaturated/α-hetero) is 1. The molecule has 0 spiro atoms. The number of nitrogens with two attached hydrogens (primary N) is 1. The maximum absolute atomic E-state index is 11.7. The highest BCUT2D eigenvalue weighted by Crippen LogP contribution is 2.30. The molecule has 78 valence electrons. The first kappa shape index (κ1) is 10.3. The van der Waals surface area contributed by atoms with Crippen molar-refractivity contribution in [2.75, 3.05) is 0 Å². The van der Waals surface area contributed by atoms with Crippen LogP contribution >= 0.6 is 12.2 Å². The standard InChI is InChI=1S/C12H13NOS/c1-6-5-9(12(13)15)8-3-4-10(14)11(8)7(6)2/h5H,3-4H2,1-2H3,(H2,13,15). The number of aryl methyl sites for hydroxylation is 1. The molecule has 0 saturated heterocycles. The number of hydrogen-bond donors (Lipinski definition) is 1. The average Bonchev–Trinajstić information content (AvgIpc) is 2.54. The second kappa shape index (κ2) is 3.42. The summed E-state index contributed by atoms with van der Waals surface area (Å²) in [6, 6.07) is 2.00. The Morgan fingerprint density at radius 2 is 2.07 bits per heavy atom. The van der Waals surface area contributed by atoms with E-state index in [4.69, 9.17) is 18.0 Å². The first-order valence-corrected chi connectivity index (χ1v) is 5.39. The predicted octanol–water partition coefficient (Wildman–Crippen LogP) is 2.07. The Hall–Kier alpha value is -1.22. The fourth-order valence-electron chi connectivity index (χ4n) is 2.19. The van der Waals surface area contributed by atoms with E-state index in [-0.39, 0.29) is 5.78 Å². The summed E-state index contributed by atoms with van der Waals surface area (Å²) >= 11 is 5.01. The van der Waals surface area contributed by atoms with Crippen molar-refractivity contribution in [2.45, 2.75) is 26.7 Å². The number of ketones is 1. The van der Waals surface area contributed by atoms with Crippen LogP contribution in [0, 0.1) is 13.8 Å². The average molecular weight is 219 g/mol. The van der Waals surface area contributed by atoms with Gasteiger partial charge in [0.2, 0.25) is 0 Å². The maximum Gasteiger partial charge on any atom is 0.163 e. The molecule has 0 saturated carbocycles. The largest absolute Gasteiger partial charge is 0.389 e. The molecule has 15 heavy (non-hydrogen) atoms. The molecule has 1 aliphatic rings. The minimum atomic E-state index is 0.226. The lowest BCUT2D eigenvalue weighted by Crippen LogP contribution is -2.14. The third-order valence-electron chi connectivity index (χ3n) is 3.10. The van der Waals surface area contributed by atoms with Crippen LogP contribution in [0.15, 0.2) is 6.07 Å². The second-order valence-corrected chi connectivity index (χ2v) is 4.45. The summed E-state index contributed by atoms with van der Waals surface area (Å²) in [5.74, 6) is 0.226. The second-order valence-electron chi connectivity index (χ2n) is 4.01. The van der Waals surface area contributed by atoms with E-state index in [0.717, 1.165) is 34.2 Å². The summed E-state index contributed by atoms with van der Waals surface area (Å²) in [6.45, 7) is 3.98. The zero-order valence-corrected chi connectivity index (χ0v) is 9.70. The molecular weight excluding hydrogens is 206 g/mol. The highest BCUT2D eigenvalue weighted by molar-refractivity contribution is 7.80. The highest BCUT2D eigenvalue weighted by Gasteiger charge is 2.25. The van der Waals surface area contributed by atoms with Crippen molar-refractivity contribution in [1.29, 1.82) is 0 Å². The van der Waals surface area contributed by atoms with Gasteiger partial charge in [-0.15, -0.1) is 0 Å². The van der Waals surface area contributed by atoms with Crippen LogP contribution < -0.4 is 5.73 Å². The van der Waals surface area contributed by atoms with Crippen LogP contribution in [0.25, 0.3) is 0 Å². The van der Waals surface area contributed by atoms with Crippen LogP contribution in [0.2, 0.25) is 0 Å². The van der Waals surface area contributed by atoms with E-state index in [2.05, 4.69) is 0 Å². The van der Waals surface area contributed by atoms with E-state index in [0.29, 0.717) is 11.4 Å². The monoisotopic (exact) mass is 219 g/mol. The lowest BCUT2D eigenvalue weighted by Gasteiger charge is -2.11. The van der Waals surface area contributed by atoms with Gasteiger partial charge in [-0.25, -0.2) is 0 Å². The molecule has 0 radical (unpaired) electrons. The number of carbonyl (C=O) groups is 1. The summed E-state index contributed by atoms with van der Waals surface area (Å²) in [7, 11) is 0. The molecule has 1 aromatic carbocycles. The Morgan fingerprint density at radius 1 is 1.40 bits per heavy atom. The Balaban J connectivity index is 2.78. The molecule has 0 heterocycles. The molecule has 2 nitrogen and oxygen atoms in total. The molecule has 0 amide bonds. The smallest absolute Gasteiger partial charge is 0.163 e. The normalized spacial score (nSPS) is 14.1. The summed E-state index contributed by atoms with van der Waals surface area (Å²) in [6.07, 6.45) is 1.37. The molecule has 0 bridgehead atoms. The first-order valence-electron chi connectivity index (χ1n) is 4.98. The van der Waals surface area contributed by atoms with Crippen molar-refractivity contribution in [3.63, 3.8) is 0 Å². The van der Waals surface area contributed by atoms with E-state index < -0.39 is 0 Å². The van der Waals surface area contributed by atoms with Crippen molar-refractivity contribution in [1.82, 2.24) is 0 Å². The molecule has 0 aliphatic heterocycles. The fraction of sp³-hybridized carbons (Fsp3) is 0.333. The van der Waals surface area contributed by atoms with Gasteiger partial charge in [-0.1, -0.05) is 12.2 Å². The summed E-state index contributed by atoms with van der Waals surface area (Å²) in [5, 5.41) is 0. The third-order valence-corrected chi connectivity index (χ3v) is 3.32. The Kier molecular flexibility index (Phi) is 2.35. The Morgan fingerprint density at radius 3 is 2.67 bits per heavy atom. The van der Waals surface area contributed by atoms with E-state index in [1.54, 1.807) is 0 Å². The number of fused-ring (bicyclic) bond motifs is 1. The van der Waals surface area contributed by atoms with Gasteiger partial charge in [0.15, 0.2) is 5.78 Å². The van der Waals surface area contributed by atoms with Gasteiger partial charge in [-0.2, -0.15) is 0 Å². The molecule has 0 unspecified atom stereocenters. The lowest BCUT2D eigenvalue weighted by molar-refractivity contribution is 0.0994. The zero-order valence-electron chi connectivity index (χ0n) is 8.89. The number of hydrogen-bond acceptors (Lipinski definition) is 2. The molecule has 2 rings (SSSR count). The molecule has 1 aromatic rings.